The first kappa shape index (κ1) is 10.9. The first-order valence-electron chi connectivity index (χ1n) is 4.30. The molecule has 0 saturated heterocycles. The molecule has 1 atom stereocenters. The predicted octanol–water partition coefficient (Wildman–Crippen LogP) is 0.393. The minimum absolute atomic E-state index is 0.308. The maximum atomic E-state index is 10.7. The minimum Gasteiger partial charge on any atom is -0.479 e. The van der Waals surface area contributed by atoms with E-state index in [1.165, 1.54) is 19.1 Å². The van der Waals surface area contributed by atoms with Crippen molar-refractivity contribution in [2.75, 3.05) is 5.73 Å². The lowest BCUT2D eigenvalue weighted by atomic mass is 10.2. The number of carbonyl (C=O) groups is 1. The van der Waals surface area contributed by atoms with Crippen LogP contribution in [-0.2, 0) is 4.79 Å². The van der Waals surface area contributed by atoms with E-state index >= 15 is 0 Å². The number of primary amides is 1. The summed E-state index contributed by atoms with van der Waals surface area (Å²) in [7, 11) is 0. The highest BCUT2D eigenvalue weighted by atomic mass is 16.5. The zero-order valence-corrected chi connectivity index (χ0v) is 8.23. The number of hydrogen-bond acceptors (Lipinski definition) is 4. The lowest BCUT2D eigenvalue weighted by Crippen LogP contribution is -2.30. The second-order valence-electron chi connectivity index (χ2n) is 3.03. The molecule has 0 bridgehead atoms. The second kappa shape index (κ2) is 4.33. The Morgan fingerprint density at radius 1 is 1.60 bits per heavy atom. The summed E-state index contributed by atoms with van der Waals surface area (Å²) < 4.78 is 5.20. The smallest absolute Gasteiger partial charge is 0.258 e. The van der Waals surface area contributed by atoms with Crippen molar-refractivity contribution in [2.24, 2.45) is 5.73 Å². The van der Waals surface area contributed by atoms with E-state index in [0.717, 1.165) is 0 Å². The average molecular weight is 205 g/mol. The van der Waals surface area contributed by atoms with Crippen LogP contribution >= 0.6 is 0 Å². The second-order valence-corrected chi connectivity index (χ2v) is 3.03. The lowest BCUT2D eigenvalue weighted by molar-refractivity contribution is -0.123. The van der Waals surface area contributed by atoms with Gasteiger partial charge in [-0.05, 0) is 25.1 Å². The van der Waals surface area contributed by atoms with Crippen LogP contribution in [0.15, 0.2) is 18.2 Å². The molecular weight excluding hydrogens is 194 g/mol. The topological polar surface area (TPSA) is 102 Å². The fourth-order valence-corrected chi connectivity index (χ4v) is 0.974. The fourth-order valence-electron chi connectivity index (χ4n) is 0.974. The minimum atomic E-state index is -0.750. The third-order valence-electron chi connectivity index (χ3n) is 1.84. The van der Waals surface area contributed by atoms with Crippen molar-refractivity contribution >= 4 is 11.6 Å². The van der Waals surface area contributed by atoms with Gasteiger partial charge in [-0.2, -0.15) is 5.26 Å². The zero-order valence-electron chi connectivity index (χ0n) is 8.23. The number of nitrogen functional groups attached to an aromatic ring is 1. The number of nitriles is 1. The summed E-state index contributed by atoms with van der Waals surface area (Å²) in [4.78, 5) is 10.7. The molecule has 1 amide bonds. The van der Waals surface area contributed by atoms with Crippen molar-refractivity contribution in [1.82, 2.24) is 0 Å². The number of amides is 1. The van der Waals surface area contributed by atoms with Crippen molar-refractivity contribution < 1.29 is 9.53 Å². The molecule has 0 fully saturated rings. The lowest BCUT2D eigenvalue weighted by Gasteiger charge is -2.12. The summed E-state index contributed by atoms with van der Waals surface area (Å²) >= 11 is 0. The van der Waals surface area contributed by atoms with Crippen molar-refractivity contribution in [3.63, 3.8) is 0 Å². The van der Waals surface area contributed by atoms with Gasteiger partial charge in [0.05, 0.1) is 17.3 Å². The molecule has 0 aromatic heterocycles. The molecule has 0 aliphatic carbocycles. The normalized spacial score (nSPS) is 11.5. The van der Waals surface area contributed by atoms with Crippen LogP contribution < -0.4 is 16.2 Å². The Balaban J connectivity index is 2.88. The Morgan fingerprint density at radius 3 is 2.73 bits per heavy atom. The summed E-state index contributed by atoms with van der Waals surface area (Å²) in [5.41, 5.74) is 11.4. The van der Waals surface area contributed by atoms with E-state index in [1.807, 2.05) is 6.07 Å². The first-order valence-corrected chi connectivity index (χ1v) is 4.30. The average Bonchev–Trinajstić information content (AvgIpc) is 2.20. The highest BCUT2D eigenvalue weighted by Gasteiger charge is 2.12. The Bertz CT molecular complexity index is 423. The molecule has 1 rings (SSSR count). The quantitative estimate of drug-likeness (QED) is 0.697. The van der Waals surface area contributed by atoms with Crippen LogP contribution in [0.5, 0.6) is 5.75 Å². The summed E-state index contributed by atoms with van der Waals surface area (Å²) in [6.07, 6.45) is -0.750. The number of hydrogen-bond donors (Lipinski definition) is 2. The Morgan fingerprint density at radius 2 is 2.27 bits per heavy atom. The highest BCUT2D eigenvalue weighted by Crippen LogP contribution is 2.23. The van der Waals surface area contributed by atoms with E-state index in [9.17, 15) is 4.79 Å². The van der Waals surface area contributed by atoms with E-state index in [1.54, 1.807) is 6.07 Å². The van der Waals surface area contributed by atoms with E-state index < -0.39 is 12.0 Å². The van der Waals surface area contributed by atoms with E-state index in [-0.39, 0.29) is 0 Å². The fraction of sp³-hybridized carbons (Fsp3) is 0.200. The number of carbonyl (C=O) groups excluding carboxylic acids is 1. The zero-order chi connectivity index (χ0) is 11.4. The number of anilines is 1. The van der Waals surface area contributed by atoms with E-state index in [4.69, 9.17) is 21.5 Å². The number of rotatable bonds is 3. The molecule has 78 valence electrons. The first-order chi connectivity index (χ1) is 7.04. The number of nitrogens with two attached hydrogens (primary N) is 2. The molecule has 5 heteroatoms. The predicted molar refractivity (Wildman–Crippen MR) is 54.9 cm³/mol. The van der Waals surface area contributed by atoms with Gasteiger partial charge >= 0.3 is 0 Å². The largest absolute Gasteiger partial charge is 0.479 e. The Hall–Kier alpha value is -2.22. The molecule has 4 N–H and O–H groups in total. The van der Waals surface area contributed by atoms with Crippen molar-refractivity contribution in [3.8, 4) is 11.8 Å². The molecule has 0 saturated carbocycles. The Labute approximate surface area is 87.2 Å². The Kier molecular flexibility index (Phi) is 3.13. The van der Waals surface area contributed by atoms with Gasteiger partial charge in [0.1, 0.15) is 5.75 Å². The van der Waals surface area contributed by atoms with Crippen LogP contribution in [0.1, 0.15) is 12.5 Å². The van der Waals surface area contributed by atoms with Crippen LogP contribution in [0, 0.1) is 11.3 Å². The number of ether oxygens (including phenoxy) is 1. The third kappa shape index (κ3) is 2.61. The van der Waals surface area contributed by atoms with Gasteiger partial charge in [-0.3, -0.25) is 4.79 Å². The van der Waals surface area contributed by atoms with Crippen molar-refractivity contribution in [1.29, 1.82) is 5.26 Å². The highest BCUT2D eigenvalue weighted by molar-refractivity contribution is 5.79. The van der Waals surface area contributed by atoms with Gasteiger partial charge in [0, 0.05) is 0 Å². The molecule has 0 spiro atoms. The number of benzene rings is 1. The summed E-state index contributed by atoms with van der Waals surface area (Å²) in [6.45, 7) is 1.53. The molecule has 0 aliphatic heterocycles. The third-order valence-corrected chi connectivity index (χ3v) is 1.84. The monoisotopic (exact) mass is 205 g/mol. The summed E-state index contributed by atoms with van der Waals surface area (Å²) in [5.74, 6) is -0.223. The molecule has 1 aromatic carbocycles. The molecule has 5 nitrogen and oxygen atoms in total. The molecular formula is C10H11N3O2. The van der Waals surface area contributed by atoms with Crippen LogP contribution in [0.2, 0.25) is 0 Å². The van der Waals surface area contributed by atoms with Gasteiger partial charge in [-0.25, -0.2) is 0 Å². The molecule has 0 aliphatic rings. The summed E-state index contributed by atoms with van der Waals surface area (Å²) in [6, 6.07) is 6.51. The van der Waals surface area contributed by atoms with Gasteiger partial charge < -0.3 is 16.2 Å². The molecule has 1 aromatic rings. The maximum Gasteiger partial charge on any atom is 0.258 e. The molecule has 0 radical (unpaired) electrons. The SMILES string of the molecule is CC(Oc1ccc(C#N)cc1N)C(N)=O. The van der Waals surface area contributed by atoms with Gasteiger partial charge in [-0.1, -0.05) is 0 Å². The van der Waals surface area contributed by atoms with E-state index in [2.05, 4.69) is 0 Å². The maximum absolute atomic E-state index is 10.7. The molecule has 0 heterocycles. The van der Waals surface area contributed by atoms with Crippen LogP contribution in [-0.4, -0.2) is 12.0 Å². The van der Waals surface area contributed by atoms with Crippen LogP contribution in [0.4, 0.5) is 5.69 Å². The van der Waals surface area contributed by atoms with Gasteiger partial charge in [0.2, 0.25) is 0 Å². The molecule has 15 heavy (non-hydrogen) atoms. The van der Waals surface area contributed by atoms with E-state index in [0.29, 0.717) is 17.0 Å². The van der Waals surface area contributed by atoms with Gasteiger partial charge in [0.25, 0.3) is 5.91 Å². The van der Waals surface area contributed by atoms with Crippen molar-refractivity contribution in [3.05, 3.63) is 23.8 Å². The standard InChI is InChI=1S/C10H11N3O2/c1-6(10(13)14)15-9-3-2-7(5-11)4-8(9)12/h2-4,6H,12H2,1H3,(H2,13,14). The van der Waals surface area contributed by atoms with Gasteiger partial charge in [0.15, 0.2) is 6.10 Å². The summed E-state index contributed by atoms with van der Waals surface area (Å²) in [5, 5.41) is 8.60. The van der Waals surface area contributed by atoms with Crippen molar-refractivity contribution in [2.45, 2.75) is 13.0 Å². The number of nitrogens with zero attached hydrogens (tertiary/aromatic N) is 1. The van der Waals surface area contributed by atoms with Gasteiger partial charge in [-0.15, -0.1) is 0 Å². The van der Waals surface area contributed by atoms with Crippen LogP contribution in [0.25, 0.3) is 0 Å². The van der Waals surface area contributed by atoms with Crippen LogP contribution in [0.3, 0.4) is 0 Å². The molecule has 1 unspecified atom stereocenters.